The lowest BCUT2D eigenvalue weighted by atomic mass is 9.97. The number of aromatic hydroxyl groups is 1. The molecule has 3 heterocycles. The molecule has 3 aromatic rings. The minimum atomic E-state index is -0.667. The summed E-state index contributed by atoms with van der Waals surface area (Å²) in [6.45, 7) is 2.99. The zero-order chi connectivity index (χ0) is 21.8. The molecule has 5 N–H and O–H groups in total. The van der Waals surface area contributed by atoms with Crippen molar-refractivity contribution in [1.82, 2.24) is 24.8 Å². The molecule has 9 heteroatoms. The van der Waals surface area contributed by atoms with Crippen molar-refractivity contribution in [1.29, 1.82) is 0 Å². The Kier molecular flexibility index (Phi) is 6.41. The summed E-state index contributed by atoms with van der Waals surface area (Å²) >= 11 is 0. The van der Waals surface area contributed by atoms with Gasteiger partial charge in [0.25, 0.3) is 0 Å². The van der Waals surface area contributed by atoms with Gasteiger partial charge in [0, 0.05) is 23.4 Å². The molecular weight excluding hydrogens is 385 g/mol. The van der Waals surface area contributed by atoms with Crippen molar-refractivity contribution in [3.8, 4) is 28.4 Å². The first-order valence-electron chi connectivity index (χ1n) is 9.70. The van der Waals surface area contributed by atoms with Crippen LogP contribution in [0.25, 0.3) is 22.6 Å². The quantitative estimate of drug-likeness (QED) is 0.541. The SMILES string of the molecule is CCC(CCN(C)C)c1cc(-c2nc(-c3ccnc(N)c3F)ccc2O)nc(N)n1. The maximum absolute atomic E-state index is 14.4. The fourth-order valence-corrected chi connectivity index (χ4v) is 3.24. The Labute approximate surface area is 174 Å². The molecule has 0 radical (unpaired) electrons. The lowest BCUT2D eigenvalue weighted by Gasteiger charge is -2.18. The molecule has 1 atom stereocenters. The number of pyridine rings is 2. The summed E-state index contributed by atoms with van der Waals surface area (Å²) in [6, 6.07) is 6.20. The van der Waals surface area contributed by atoms with Crippen LogP contribution in [0.15, 0.2) is 30.5 Å². The molecule has 30 heavy (non-hydrogen) atoms. The van der Waals surface area contributed by atoms with Gasteiger partial charge < -0.3 is 21.5 Å². The highest BCUT2D eigenvalue weighted by Crippen LogP contribution is 2.33. The van der Waals surface area contributed by atoms with E-state index in [9.17, 15) is 9.50 Å². The molecule has 1 unspecified atom stereocenters. The largest absolute Gasteiger partial charge is 0.506 e. The number of halogens is 1. The third-order valence-corrected chi connectivity index (χ3v) is 4.91. The molecule has 0 fully saturated rings. The lowest BCUT2D eigenvalue weighted by Crippen LogP contribution is -2.16. The van der Waals surface area contributed by atoms with Crippen LogP contribution in [-0.4, -0.2) is 50.6 Å². The fraction of sp³-hybridized carbons (Fsp3) is 0.333. The van der Waals surface area contributed by atoms with Gasteiger partial charge in [0.1, 0.15) is 11.4 Å². The second kappa shape index (κ2) is 9.00. The van der Waals surface area contributed by atoms with E-state index in [1.807, 2.05) is 14.1 Å². The number of anilines is 2. The highest BCUT2D eigenvalue weighted by molar-refractivity contribution is 5.70. The normalized spacial score (nSPS) is 12.3. The standard InChI is InChI=1S/C21H26FN7O/c1-4-12(8-10-29(2)3)15-11-16(28-21(24)27-15)19-17(30)6-5-14(26-19)13-7-9-25-20(23)18(13)22/h5-7,9,11-12,30H,4,8,10H2,1-3H3,(H2,23,25)(H2,24,27,28). The van der Waals surface area contributed by atoms with E-state index < -0.39 is 5.82 Å². The van der Waals surface area contributed by atoms with Crippen molar-refractivity contribution in [3.63, 3.8) is 0 Å². The number of nitrogens with zero attached hydrogens (tertiary/aromatic N) is 5. The van der Waals surface area contributed by atoms with E-state index in [0.717, 1.165) is 25.1 Å². The molecule has 3 aromatic heterocycles. The number of hydrogen-bond acceptors (Lipinski definition) is 8. The van der Waals surface area contributed by atoms with E-state index in [4.69, 9.17) is 11.5 Å². The molecule has 0 aliphatic rings. The molecule has 0 spiro atoms. The van der Waals surface area contributed by atoms with Crippen LogP contribution in [0.3, 0.4) is 0 Å². The first kappa shape index (κ1) is 21.4. The number of nitrogen functional groups attached to an aromatic ring is 2. The van der Waals surface area contributed by atoms with E-state index in [1.165, 1.54) is 24.4 Å². The Morgan fingerprint density at radius 2 is 1.87 bits per heavy atom. The van der Waals surface area contributed by atoms with Crippen LogP contribution in [-0.2, 0) is 0 Å². The van der Waals surface area contributed by atoms with Gasteiger partial charge >= 0.3 is 0 Å². The summed E-state index contributed by atoms with van der Waals surface area (Å²) in [6.07, 6.45) is 3.18. The summed E-state index contributed by atoms with van der Waals surface area (Å²) in [5, 5.41) is 10.4. The molecule has 8 nitrogen and oxygen atoms in total. The number of nitrogens with two attached hydrogens (primary N) is 2. The monoisotopic (exact) mass is 411 g/mol. The average molecular weight is 411 g/mol. The van der Waals surface area contributed by atoms with Crippen LogP contribution in [0.5, 0.6) is 5.75 Å². The second-order valence-electron chi connectivity index (χ2n) is 7.36. The third-order valence-electron chi connectivity index (χ3n) is 4.91. The summed E-state index contributed by atoms with van der Waals surface area (Å²) in [5.74, 6) is -0.703. The van der Waals surface area contributed by atoms with Crippen molar-refractivity contribution in [2.45, 2.75) is 25.7 Å². The molecule has 0 aliphatic carbocycles. The molecule has 0 saturated carbocycles. The zero-order valence-electron chi connectivity index (χ0n) is 17.3. The number of hydrogen-bond donors (Lipinski definition) is 3. The van der Waals surface area contributed by atoms with E-state index >= 15 is 0 Å². The van der Waals surface area contributed by atoms with Crippen molar-refractivity contribution in [2.75, 3.05) is 32.1 Å². The first-order valence-corrected chi connectivity index (χ1v) is 9.70. The summed E-state index contributed by atoms with van der Waals surface area (Å²) in [4.78, 5) is 18.9. The van der Waals surface area contributed by atoms with Crippen LogP contribution < -0.4 is 11.5 Å². The third kappa shape index (κ3) is 4.62. The van der Waals surface area contributed by atoms with E-state index in [0.29, 0.717) is 11.4 Å². The first-order chi connectivity index (χ1) is 14.3. The minimum absolute atomic E-state index is 0.0911. The Hall–Kier alpha value is -3.33. The number of aromatic nitrogens is 4. The van der Waals surface area contributed by atoms with Gasteiger partial charge in [-0.2, -0.15) is 0 Å². The average Bonchev–Trinajstić information content (AvgIpc) is 2.70. The Bertz CT molecular complexity index is 1040. The molecule has 0 bridgehead atoms. The van der Waals surface area contributed by atoms with Crippen LogP contribution in [0, 0.1) is 5.82 Å². The molecule has 0 aromatic carbocycles. The van der Waals surface area contributed by atoms with E-state index in [-0.39, 0.29) is 34.7 Å². The van der Waals surface area contributed by atoms with Crippen LogP contribution in [0.1, 0.15) is 31.4 Å². The minimum Gasteiger partial charge on any atom is -0.506 e. The Morgan fingerprint density at radius 3 is 2.57 bits per heavy atom. The summed E-state index contributed by atoms with van der Waals surface area (Å²) in [5.41, 5.74) is 13.4. The molecule has 158 valence electrons. The Balaban J connectivity index is 2.05. The highest BCUT2D eigenvalue weighted by atomic mass is 19.1. The van der Waals surface area contributed by atoms with Gasteiger partial charge in [-0.1, -0.05) is 6.92 Å². The van der Waals surface area contributed by atoms with Crippen molar-refractivity contribution in [3.05, 3.63) is 42.0 Å². The maximum Gasteiger partial charge on any atom is 0.220 e. The molecule has 3 rings (SSSR count). The van der Waals surface area contributed by atoms with Crippen molar-refractivity contribution in [2.24, 2.45) is 0 Å². The molecule has 0 aliphatic heterocycles. The maximum atomic E-state index is 14.4. The van der Waals surface area contributed by atoms with Crippen LogP contribution in [0.2, 0.25) is 0 Å². The van der Waals surface area contributed by atoms with Gasteiger partial charge in [-0.3, -0.25) is 0 Å². The van der Waals surface area contributed by atoms with Gasteiger partial charge in [0.05, 0.1) is 11.4 Å². The van der Waals surface area contributed by atoms with Gasteiger partial charge in [-0.15, -0.1) is 0 Å². The molecule has 0 amide bonds. The fourth-order valence-electron chi connectivity index (χ4n) is 3.24. The Morgan fingerprint density at radius 1 is 1.10 bits per heavy atom. The highest BCUT2D eigenvalue weighted by Gasteiger charge is 2.18. The topological polar surface area (TPSA) is 127 Å². The van der Waals surface area contributed by atoms with E-state index in [2.05, 4.69) is 31.8 Å². The second-order valence-corrected chi connectivity index (χ2v) is 7.36. The molecular formula is C21H26FN7O. The van der Waals surface area contributed by atoms with Crippen LogP contribution in [0.4, 0.5) is 16.2 Å². The summed E-state index contributed by atoms with van der Waals surface area (Å²) in [7, 11) is 4.04. The predicted molar refractivity (Wildman–Crippen MR) is 115 cm³/mol. The molecule has 0 saturated heterocycles. The number of rotatable bonds is 7. The van der Waals surface area contributed by atoms with E-state index in [1.54, 1.807) is 6.07 Å². The summed E-state index contributed by atoms with van der Waals surface area (Å²) < 4.78 is 14.4. The van der Waals surface area contributed by atoms with Gasteiger partial charge in [0.2, 0.25) is 5.95 Å². The van der Waals surface area contributed by atoms with Gasteiger partial charge in [0.15, 0.2) is 11.6 Å². The predicted octanol–water partition coefficient (Wildman–Crippen LogP) is 3.06. The van der Waals surface area contributed by atoms with Gasteiger partial charge in [-0.25, -0.2) is 24.3 Å². The van der Waals surface area contributed by atoms with Crippen molar-refractivity contribution < 1.29 is 9.50 Å². The van der Waals surface area contributed by atoms with Gasteiger partial charge in [-0.05, 0) is 57.7 Å². The van der Waals surface area contributed by atoms with Crippen LogP contribution >= 0.6 is 0 Å². The lowest BCUT2D eigenvalue weighted by molar-refractivity contribution is 0.376. The smallest absolute Gasteiger partial charge is 0.220 e. The van der Waals surface area contributed by atoms with Crippen molar-refractivity contribution >= 4 is 11.8 Å². The zero-order valence-corrected chi connectivity index (χ0v) is 17.3.